The van der Waals surface area contributed by atoms with Crippen molar-refractivity contribution in [2.45, 2.75) is 31.7 Å². The number of ketones is 1. The van der Waals surface area contributed by atoms with Gasteiger partial charge in [0.1, 0.15) is 17.4 Å². The average Bonchev–Trinajstić information content (AvgIpc) is 3.35. The van der Waals surface area contributed by atoms with Gasteiger partial charge in [-0.1, -0.05) is 12.1 Å². The van der Waals surface area contributed by atoms with E-state index in [1.807, 2.05) is 30.6 Å². The Morgan fingerprint density at radius 1 is 1.34 bits per heavy atom. The number of nitriles is 1. The van der Waals surface area contributed by atoms with Gasteiger partial charge in [-0.25, -0.2) is 4.98 Å². The molecule has 0 bridgehead atoms. The van der Waals surface area contributed by atoms with Crippen molar-refractivity contribution >= 4 is 28.2 Å². The summed E-state index contributed by atoms with van der Waals surface area (Å²) in [6, 6.07) is 12.2. The summed E-state index contributed by atoms with van der Waals surface area (Å²) in [5, 5.41) is 11.8. The van der Waals surface area contributed by atoms with E-state index in [1.165, 1.54) is 0 Å². The zero-order chi connectivity index (χ0) is 20.0. The zero-order valence-corrected chi connectivity index (χ0v) is 16.4. The highest BCUT2D eigenvalue weighted by atomic mass is 32.1. The molecule has 7 heteroatoms. The summed E-state index contributed by atoms with van der Waals surface area (Å²) < 4.78 is 7.74. The van der Waals surface area contributed by atoms with Crippen molar-refractivity contribution in [1.29, 1.82) is 5.26 Å². The Morgan fingerprint density at radius 3 is 3.07 bits per heavy atom. The number of allylic oxidation sites excluding steroid dienone is 3. The van der Waals surface area contributed by atoms with E-state index in [1.54, 1.807) is 11.3 Å². The van der Waals surface area contributed by atoms with Crippen LogP contribution in [0, 0.1) is 11.3 Å². The quantitative estimate of drug-likeness (QED) is 0.716. The first-order valence-corrected chi connectivity index (χ1v) is 10.3. The van der Waals surface area contributed by atoms with Crippen LogP contribution in [0.25, 0.3) is 11.0 Å². The van der Waals surface area contributed by atoms with Crippen LogP contribution in [-0.4, -0.2) is 15.3 Å². The second-order valence-corrected chi connectivity index (χ2v) is 8.20. The van der Waals surface area contributed by atoms with E-state index < -0.39 is 5.92 Å². The fourth-order valence-corrected chi connectivity index (χ4v) is 5.12. The number of benzene rings is 1. The van der Waals surface area contributed by atoms with Crippen LogP contribution < -0.4 is 5.73 Å². The van der Waals surface area contributed by atoms with Crippen LogP contribution in [0.15, 0.2) is 64.8 Å². The first-order valence-electron chi connectivity index (χ1n) is 9.46. The molecule has 0 radical (unpaired) electrons. The van der Waals surface area contributed by atoms with Gasteiger partial charge in [0.2, 0.25) is 5.88 Å². The SMILES string of the molecule is N#CC1=C(N)OC2=C(C(=O)CCC2)C1c1cc(Cn2cnc3ccccc32)cs1. The van der Waals surface area contributed by atoms with Gasteiger partial charge in [-0.05, 0) is 35.6 Å². The number of ether oxygens (including phenoxy) is 1. The number of Topliss-reactive ketones (excluding diaryl/α,β-unsaturated/α-hetero) is 1. The molecule has 0 saturated heterocycles. The highest BCUT2D eigenvalue weighted by Gasteiger charge is 2.38. The number of rotatable bonds is 3. The molecule has 0 spiro atoms. The highest BCUT2D eigenvalue weighted by molar-refractivity contribution is 7.10. The molecular weight excluding hydrogens is 384 g/mol. The number of carbonyl (C=O) groups is 1. The van der Waals surface area contributed by atoms with Crippen molar-refractivity contribution in [2.75, 3.05) is 0 Å². The van der Waals surface area contributed by atoms with E-state index in [4.69, 9.17) is 10.5 Å². The number of fused-ring (bicyclic) bond motifs is 1. The summed E-state index contributed by atoms with van der Waals surface area (Å²) in [7, 11) is 0. The molecular formula is C22H18N4O2S. The highest BCUT2D eigenvalue weighted by Crippen LogP contribution is 2.45. The second kappa shape index (κ2) is 6.90. The lowest BCUT2D eigenvalue weighted by molar-refractivity contribution is -0.116. The normalized spacial score (nSPS) is 19.3. The van der Waals surface area contributed by atoms with Gasteiger partial charge in [0.15, 0.2) is 5.78 Å². The van der Waals surface area contributed by atoms with Crippen LogP contribution in [0.5, 0.6) is 0 Å². The van der Waals surface area contributed by atoms with Crippen LogP contribution >= 0.6 is 11.3 Å². The van der Waals surface area contributed by atoms with Gasteiger partial charge < -0.3 is 15.0 Å². The first kappa shape index (κ1) is 17.7. The number of thiophene rings is 1. The summed E-state index contributed by atoms with van der Waals surface area (Å²) in [5.74, 6) is 0.349. The third kappa shape index (κ3) is 2.93. The van der Waals surface area contributed by atoms with E-state index in [2.05, 4.69) is 27.1 Å². The Bertz CT molecular complexity index is 1240. The molecule has 0 fully saturated rings. The summed E-state index contributed by atoms with van der Waals surface area (Å²) in [6.45, 7) is 0.668. The van der Waals surface area contributed by atoms with E-state index >= 15 is 0 Å². The van der Waals surface area contributed by atoms with Gasteiger partial charge >= 0.3 is 0 Å². The lowest BCUT2D eigenvalue weighted by Gasteiger charge is -2.30. The lowest BCUT2D eigenvalue weighted by Crippen LogP contribution is -2.27. The number of para-hydroxylation sites is 2. The van der Waals surface area contributed by atoms with Gasteiger partial charge in [0.25, 0.3) is 0 Å². The molecule has 6 nitrogen and oxygen atoms in total. The molecule has 1 unspecified atom stereocenters. The van der Waals surface area contributed by atoms with Crippen molar-refractivity contribution in [1.82, 2.24) is 9.55 Å². The molecule has 1 aromatic carbocycles. The number of nitrogens with zero attached hydrogens (tertiary/aromatic N) is 3. The summed E-state index contributed by atoms with van der Waals surface area (Å²) in [5.41, 5.74) is 10.1. The van der Waals surface area contributed by atoms with Crippen LogP contribution in [0.3, 0.4) is 0 Å². The number of imidazole rings is 1. The number of hydrogen-bond donors (Lipinski definition) is 1. The topological polar surface area (TPSA) is 93.9 Å². The minimum atomic E-state index is -0.435. The molecule has 2 aromatic heterocycles. The molecule has 3 heterocycles. The van der Waals surface area contributed by atoms with Crippen LogP contribution in [0.2, 0.25) is 0 Å². The van der Waals surface area contributed by atoms with Crippen LogP contribution in [-0.2, 0) is 16.1 Å². The molecule has 1 aliphatic heterocycles. The number of hydrogen-bond acceptors (Lipinski definition) is 6. The van der Waals surface area contributed by atoms with E-state index in [9.17, 15) is 10.1 Å². The lowest BCUT2D eigenvalue weighted by atomic mass is 9.80. The third-order valence-corrected chi connectivity index (χ3v) is 6.49. The Labute approximate surface area is 171 Å². The van der Waals surface area contributed by atoms with E-state index in [-0.39, 0.29) is 11.7 Å². The number of carbonyl (C=O) groups excluding carboxylic acids is 1. The van der Waals surface area contributed by atoms with Crippen LogP contribution in [0.1, 0.15) is 35.6 Å². The molecule has 3 aromatic rings. The monoisotopic (exact) mass is 402 g/mol. The standard InChI is InChI=1S/C22H18N4O2S/c23-9-14-20(21-17(27)6-3-7-18(21)28-22(14)24)19-8-13(11-29-19)10-26-12-25-15-4-1-2-5-16(15)26/h1-2,4-5,8,11-12,20H,3,6-7,10,24H2. The second-order valence-electron chi connectivity index (χ2n) is 7.26. The Hall–Kier alpha value is -3.37. The van der Waals surface area contributed by atoms with Crippen LogP contribution in [0.4, 0.5) is 0 Å². The van der Waals surface area contributed by atoms with Crippen molar-refractivity contribution in [2.24, 2.45) is 5.73 Å². The Kier molecular flexibility index (Phi) is 4.22. The van der Waals surface area contributed by atoms with Gasteiger partial charge in [0.05, 0.1) is 23.3 Å². The molecule has 144 valence electrons. The zero-order valence-electron chi connectivity index (χ0n) is 15.6. The summed E-state index contributed by atoms with van der Waals surface area (Å²) in [6.07, 6.45) is 3.75. The smallest absolute Gasteiger partial charge is 0.205 e. The molecule has 1 aliphatic carbocycles. The van der Waals surface area contributed by atoms with Gasteiger partial charge in [-0.3, -0.25) is 4.79 Å². The minimum Gasteiger partial charge on any atom is -0.444 e. The maximum absolute atomic E-state index is 12.7. The average molecular weight is 402 g/mol. The first-order chi connectivity index (χ1) is 14.2. The maximum Gasteiger partial charge on any atom is 0.205 e. The Balaban J connectivity index is 1.52. The number of nitrogens with two attached hydrogens (primary N) is 1. The minimum absolute atomic E-state index is 0.0482. The summed E-state index contributed by atoms with van der Waals surface area (Å²) in [4.78, 5) is 18.1. The van der Waals surface area contributed by atoms with Crippen molar-refractivity contribution in [3.8, 4) is 6.07 Å². The molecule has 2 aliphatic rings. The fourth-order valence-electron chi connectivity index (χ4n) is 4.10. The van der Waals surface area contributed by atoms with Crippen molar-refractivity contribution in [3.63, 3.8) is 0 Å². The van der Waals surface area contributed by atoms with E-state index in [0.717, 1.165) is 27.9 Å². The van der Waals surface area contributed by atoms with Gasteiger partial charge in [-0.2, -0.15) is 5.26 Å². The predicted octanol–water partition coefficient (Wildman–Crippen LogP) is 3.96. The Morgan fingerprint density at radius 2 is 2.21 bits per heavy atom. The largest absolute Gasteiger partial charge is 0.444 e. The van der Waals surface area contributed by atoms with Crippen molar-refractivity contribution in [3.05, 3.63) is 75.3 Å². The molecule has 5 rings (SSSR count). The molecule has 2 N–H and O–H groups in total. The molecule has 0 amide bonds. The maximum atomic E-state index is 12.7. The third-order valence-electron chi connectivity index (χ3n) is 5.44. The molecule has 0 saturated carbocycles. The fraction of sp³-hybridized carbons (Fsp3) is 0.227. The van der Waals surface area contributed by atoms with Gasteiger partial charge in [0, 0.05) is 29.8 Å². The van der Waals surface area contributed by atoms with Crippen molar-refractivity contribution < 1.29 is 9.53 Å². The summed E-state index contributed by atoms with van der Waals surface area (Å²) >= 11 is 1.55. The predicted molar refractivity (Wildman–Crippen MR) is 110 cm³/mol. The number of aromatic nitrogens is 2. The van der Waals surface area contributed by atoms with E-state index in [0.29, 0.717) is 36.3 Å². The molecule has 29 heavy (non-hydrogen) atoms. The van der Waals surface area contributed by atoms with Gasteiger partial charge in [-0.15, -0.1) is 11.3 Å². The molecule has 1 atom stereocenters.